The smallest absolute Gasteiger partial charge is 0.333 e. The first-order chi connectivity index (χ1) is 43.7. The quantitative estimate of drug-likeness (QED) is 0.0718. The lowest BCUT2D eigenvalue weighted by Crippen LogP contribution is -2.37. The van der Waals surface area contributed by atoms with Gasteiger partial charge in [0.1, 0.15) is 12.5 Å². The fourth-order valence-corrected chi connectivity index (χ4v) is 17.4. The van der Waals surface area contributed by atoms with Crippen LogP contribution in [0.5, 0.6) is 17.6 Å². The van der Waals surface area contributed by atoms with Crippen LogP contribution in [0.25, 0.3) is 0 Å². The van der Waals surface area contributed by atoms with Gasteiger partial charge in [-0.2, -0.15) is 20.6 Å². The van der Waals surface area contributed by atoms with E-state index in [1.54, 1.807) is 9.36 Å². The summed E-state index contributed by atoms with van der Waals surface area (Å²) in [5.41, 5.74) is 16.7. The normalized spacial score (nSPS) is 20.2. The van der Waals surface area contributed by atoms with Crippen LogP contribution in [0.2, 0.25) is 0 Å². The van der Waals surface area contributed by atoms with Crippen LogP contribution in [0, 0.1) is 28.6 Å². The fourth-order valence-electron chi connectivity index (χ4n) is 14.4. The van der Waals surface area contributed by atoms with E-state index in [1.807, 2.05) is 0 Å². The van der Waals surface area contributed by atoms with Gasteiger partial charge in [-0.15, -0.1) is 0 Å². The number of carbonyl (C=O) groups is 3. The second-order valence-corrected chi connectivity index (χ2v) is 30.5. The molecular formula is C63H75N13O12S3. The molecular weight excluding hydrogens is 1230 g/mol. The minimum Gasteiger partial charge on any atom is -0.476 e. The van der Waals surface area contributed by atoms with Gasteiger partial charge in [0.2, 0.25) is 17.6 Å². The molecule has 0 radical (unpaired) electrons. The van der Waals surface area contributed by atoms with Crippen LogP contribution in [-0.2, 0) is 127 Å². The van der Waals surface area contributed by atoms with Gasteiger partial charge in [-0.3, -0.25) is 0 Å². The Bertz CT molecular complexity index is 4260. The number of benzene rings is 3. The second-order valence-electron chi connectivity index (χ2n) is 25.5. The van der Waals surface area contributed by atoms with Gasteiger partial charge in [0.05, 0.1) is 57.5 Å². The van der Waals surface area contributed by atoms with E-state index >= 15 is 0 Å². The third kappa shape index (κ3) is 12.1. The zero-order valence-corrected chi connectivity index (χ0v) is 53.7. The lowest BCUT2D eigenvalue weighted by atomic mass is 9.88. The van der Waals surface area contributed by atoms with Crippen molar-refractivity contribution in [1.82, 2.24) is 43.5 Å². The lowest BCUT2D eigenvalue weighted by molar-refractivity contribution is 0.0782. The van der Waals surface area contributed by atoms with Crippen molar-refractivity contribution in [3.8, 4) is 23.7 Å². The van der Waals surface area contributed by atoms with Crippen LogP contribution < -0.4 is 44.3 Å². The monoisotopic (exact) mass is 1300 g/mol. The van der Waals surface area contributed by atoms with Crippen molar-refractivity contribution >= 4 is 65.2 Å². The SMILES string of the molecule is CCC1(C)COc2c(S(=O)(=O)NC(=O)Nc3c4c(cc5c3CCC5)CCC4)cnn2C1.CCC1COc2c(S(=O)(=O)NC(=O)Nc3c4c(cc5c3CCC5)CCC4)cnn2C1.N#CC1COc2c(S(=O)(=O)NC(=O)Nc3c4c(cc5c3CCC5)CCC4)cnn2C1. The molecule has 0 spiro atoms. The predicted molar refractivity (Wildman–Crippen MR) is 334 cm³/mol. The van der Waals surface area contributed by atoms with Crippen LogP contribution in [0.15, 0.2) is 51.5 Å². The molecule has 6 N–H and O–H groups in total. The number of amides is 6. The van der Waals surface area contributed by atoms with Crippen molar-refractivity contribution in [3.63, 3.8) is 0 Å². The topological polar surface area (TPSA) is 331 Å². The maximum absolute atomic E-state index is 13.0. The minimum absolute atomic E-state index is 0.0447. The molecule has 6 heterocycles. The molecule has 3 aromatic heterocycles. The zero-order valence-electron chi connectivity index (χ0n) is 51.3. The van der Waals surface area contributed by atoms with Crippen LogP contribution in [0.1, 0.15) is 139 Å². The van der Waals surface area contributed by atoms with E-state index in [0.717, 1.165) is 185 Å². The molecule has 0 bridgehead atoms. The highest BCUT2D eigenvalue weighted by atomic mass is 32.2. The summed E-state index contributed by atoms with van der Waals surface area (Å²) < 4.78 is 105. The maximum atomic E-state index is 13.0. The van der Waals surface area contributed by atoms with Crippen molar-refractivity contribution in [2.75, 3.05) is 35.8 Å². The van der Waals surface area contributed by atoms with E-state index in [0.29, 0.717) is 32.2 Å². The number of sulfonamides is 3. The third-order valence-electron chi connectivity index (χ3n) is 19.4. The first kappa shape index (κ1) is 61.7. The maximum Gasteiger partial charge on any atom is 0.333 e. The Morgan fingerprint density at radius 2 is 0.857 bits per heavy atom. The van der Waals surface area contributed by atoms with E-state index in [2.05, 4.69) is 90.5 Å². The van der Waals surface area contributed by atoms with Crippen molar-refractivity contribution in [1.29, 1.82) is 5.26 Å². The van der Waals surface area contributed by atoms with E-state index in [1.165, 1.54) is 50.5 Å². The molecule has 3 aromatic carbocycles. The molecule has 28 heteroatoms. The molecule has 482 valence electrons. The van der Waals surface area contributed by atoms with E-state index < -0.39 is 54.1 Å². The van der Waals surface area contributed by atoms with Crippen LogP contribution in [0.4, 0.5) is 31.4 Å². The average Bonchev–Trinajstić information content (AvgIpc) is 1.90. The molecule has 0 saturated heterocycles. The summed E-state index contributed by atoms with van der Waals surface area (Å²) in [6.07, 6.45) is 23.2. The first-order valence-corrected chi connectivity index (χ1v) is 36.1. The van der Waals surface area contributed by atoms with Crippen LogP contribution in [-0.4, -0.2) is 92.5 Å². The van der Waals surface area contributed by atoms with E-state index in [4.69, 9.17) is 19.5 Å². The highest BCUT2D eigenvalue weighted by Crippen LogP contribution is 2.43. The van der Waals surface area contributed by atoms with E-state index in [9.17, 15) is 39.6 Å². The van der Waals surface area contributed by atoms with Gasteiger partial charge in [-0.1, -0.05) is 39.0 Å². The van der Waals surface area contributed by atoms with Crippen LogP contribution >= 0.6 is 0 Å². The van der Waals surface area contributed by atoms with Gasteiger partial charge < -0.3 is 30.2 Å². The van der Waals surface area contributed by atoms with Crippen LogP contribution in [0.3, 0.4) is 0 Å². The van der Waals surface area contributed by atoms with E-state index in [-0.39, 0.29) is 50.9 Å². The minimum atomic E-state index is -4.18. The molecule has 3 aliphatic heterocycles. The first-order valence-electron chi connectivity index (χ1n) is 31.7. The number of nitrogens with zero attached hydrogens (tertiary/aromatic N) is 7. The number of aromatic nitrogens is 6. The molecule has 0 saturated carbocycles. The number of rotatable bonds is 11. The zero-order chi connectivity index (χ0) is 63.6. The highest BCUT2D eigenvalue weighted by Gasteiger charge is 2.38. The summed E-state index contributed by atoms with van der Waals surface area (Å²) in [5, 5.41) is 29.9. The van der Waals surface area contributed by atoms with Crippen molar-refractivity contribution in [2.24, 2.45) is 17.3 Å². The Kier molecular flexibility index (Phi) is 16.6. The number of ether oxygens (including phenoxy) is 3. The highest BCUT2D eigenvalue weighted by molar-refractivity contribution is 7.90. The van der Waals surface area contributed by atoms with Crippen molar-refractivity contribution in [2.45, 2.75) is 184 Å². The Labute approximate surface area is 528 Å². The lowest BCUT2D eigenvalue weighted by Gasteiger charge is -2.33. The average molecular weight is 1300 g/mol. The number of hydrogen-bond acceptors (Lipinski definition) is 16. The summed E-state index contributed by atoms with van der Waals surface area (Å²) in [5.74, 6) is 0.329. The summed E-state index contributed by atoms with van der Waals surface area (Å²) in [6, 6.07) is 6.57. The summed E-state index contributed by atoms with van der Waals surface area (Å²) in [6.45, 7) is 8.56. The molecule has 0 fully saturated rings. The molecule has 6 aromatic rings. The van der Waals surface area contributed by atoms with Crippen molar-refractivity contribution < 1.29 is 53.8 Å². The molecule has 91 heavy (non-hydrogen) atoms. The van der Waals surface area contributed by atoms with Crippen molar-refractivity contribution in [3.05, 3.63) is 104 Å². The Balaban J connectivity index is 0.000000125. The van der Waals surface area contributed by atoms with Gasteiger partial charge in [0.15, 0.2) is 14.7 Å². The van der Waals surface area contributed by atoms with Gasteiger partial charge >= 0.3 is 18.1 Å². The number of carbonyl (C=O) groups excluding carboxylic acids is 3. The Hall–Kier alpha value is -8.16. The molecule has 6 aliphatic carbocycles. The molecule has 15 rings (SSSR count). The van der Waals surface area contributed by atoms with Gasteiger partial charge in [-0.05, 0) is 195 Å². The third-order valence-corrected chi connectivity index (χ3v) is 23.3. The Morgan fingerprint density at radius 1 is 0.516 bits per heavy atom. The van der Waals surface area contributed by atoms with Gasteiger partial charge in [0, 0.05) is 28.4 Å². The fraction of sp³-hybridized carbons (Fsp3) is 0.508. The number of hydrogen-bond donors (Lipinski definition) is 6. The number of aryl methyl sites for hydroxylation is 6. The number of nitriles is 1. The number of nitrogens with one attached hydrogen (secondary N) is 6. The molecule has 3 atom stereocenters. The molecule has 3 unspecified atom stereocenters. The predicted octanol–water partition coefficient (Wildman–Crippen LogP) is 7.87. The molecule has 25 nitrogen and oxygen atoms in total. The second kappa shape index (κ2) is 24.5. The number of fused-ring (bicyclic) bond motifs is 9. The standard InChI is InChI=1S/C22H28N4O4S.C21H26N4O4S.C20H21N5O4S/c1-3-22(2)12-26-20(30-13-22)18(11-23-26)31(28,29)25-21(27)24-19-16-8-4-6-14(16)10-15-7-5-9-17(15)19;1-2-13-11-25-20(29-12-13)18(10-22-25)30(27,28)24-21(26)23-19-16-7-3-5-14(16)9-15-6-4-8-17(15)19;21-8-12-10-25-19(29-11-12)17(9-22-25)30(27,28)24-20(26)23-18-15-5-1-3-13(15)7-14-4-2-6-16(14)18/h10-11H,3-9,12-13H2,1-2H3,(H2,24,25,27);9-10,13H,2-8,11-12H2,1H3,(H2,23,24,26);7,9,12H,1-6,10-11H2,(H2,23,24,26). The summed E-state index contributed by atoms with van der Waals surface area (Å²) >= 11 is 0. The number of anilines is 3. The molecule has 6 amide bonds. The summed E-state index contributed by atoms with van der Waals surface area (Å²) in [7, 11) is -12.4. The largest absolute Gasteiger partial charge is 0.476 e. The Morgan fingerprint density at radius 3 is 1.21 bits per heavy atom. The summed E-state index contributed by atoms with van der Waals surface area (Å²) in [4.78, 5) is 37.7. The van der Waals surface area contributed by atoms with Gasteiger partial charge in [0.25, 0.3) is 30.1 Å². The number of urea groups is 3. The van der Waals surface area contributed by atoms with Gasteiger partial charge in [-0.25, -0.2) is 67.8 Å². The molecule has 9 aliphatic rings.